The van der Waals surface area contributed by atoms with Crippen molar-refractivity contribution in [1.82, 2.24) is 9.88 Å². The molecule has 0 bridgehead atoms. The molecule has 8 heteroatoms. The predicted octanol–water partition coefficient (Wildman–Crippen LogP) is 3.52. The zero-order valence-corrected chi connectivity index (χ0v) is 16.3. The van der Waals surface area contributed by atoms with Crippen molar-refractivity contribution in [3.8, 4) is 10.6 Å². The number of thiazole rings is 1. The fourth-order valence-corrected chi connectivity index (χ4v) is 3.64. The molecule has 0 radical (unpaired) electrons. The average Bonchev–Trinajstić information content (AvgIpc) is 3.08. The molecule has 23 heavy (non-hydrogen) atoms. The number of hydrogen-bond acceptors (Lipinski definition) is 4. The summed E-state index contributed by atoms with van der Waals surface area (Å²) in [4.78, 5) is 18.6. The van der Waals surface area contributed by atoms with Gasteiger partial charge >= 0.3 is 0 Å². The van der Waals surface area contributed by atoms with Gasteiger partial charge in [0.2, 0.25) is 5.91 Å². The molecule has 126 valence electrons. The summed E-state index contributed by atoms with van der Waals surface area (Å²) in [6.07, 6.45) is 1.25. The molecule has 3 rings (SSSR count). The standard InChI is InChI=1S/C15H16BrN3OS.2ClH/c16-11-3-1-2-10(6-11)15-18-13(9-21-15)7-14(20)19-5-4-12(17)8-19;;/h1-3,6,9,12H,4-5,7-8,17H2;2*1H/t12-;;/m1../s1. The molecule has 0 unspecified atom stereocenters. The topological polar surface area (TPSA) is 59.2 Å². The molecule has 0 spiro atoms. The monoisotopic (exact) mass is 437 g/mol. The number of likely N-dealkylation sites (tertiary alicyclic amines) is 1. The summed E-state index contributed by atoms with van der Waals surface area (Å²) in [6, 6.07) is 8.15. The molecular weight excluding hydrogens is 421 g/mol. The van der Waals surface area contributed by atoms with E-state index in [9.17, 15) is 4.79 Å². The van der Waals surface area contributed by atoms with Gasteiger partial charge in [-0.05, 0) is 18.6 Å². The molecule has 1 amide bonds. The van der Waals surface area contributed by atoms with Crippen LogP contribution in [0.3, 0.4) is 0 Å². The molecule has 1 fully saturated rings. The minimum atomic E-state index is 0. The molecule has 4 nitrogen and oxygen atoms in total. The van der Waals surface area contributed by atoms with Crippen LogP contribution in [0.5, 0.6) is 0 Å². The third-order valence-corrected chi connectivity index (χ3v) is 4.97. The number of hydrogen-bond donors (Lipinski definition) is 1. The first-order chi connectivity index (χ1) is 10.1. The van der Waals surface area contributed by atoms with E-state index in [1.54, 1.807) is 11.3 Å². The normalized spacial score (nSPS) is 16.6. The second-order valence-corrected chi connectivity index (χ2v) is 6.99. The van der Waals surface area contributed by atoms with E-state index in [1.807, 2.05) is 34.5 Å². The lowest BCUT2D eigenvalue weighted by Gasteiger charge is -2.14. The molecule has 2 heterocycles. The van der Waals surface area contributed by atoms with Crippen LogP contribution in [0.15, 0.2) is 34.1 Å². The highest BCUT2D eigenvalue weighted by molar-refractivity contribution is 9.10. The summed E-state index contributed by atoms with van der Waals surface area (Å²) in [6.45, 7) is 1.43. The molecule has 1 atom stereocenters. The Labute approximate surface area is 160 Å². The van der Waals surface area contributed by atoms with E-state index in [4.69, 9.17) is 5.73 Å². The van der Waals surface area contributed by atoms with Gasteiger partial charge in [0.1, 0.15) is 5.01 Å². The molecule has 1 aromatic heterocycles. The van der Waals surface area contributed by atoms with Crippen LogP contribution in [0.25, 0.3) is 10.6 Å². The second-order valence-electron chi connectivity index (χ2n) is 5.22. The van der Waals surface area contributed by atoms with Crippen molar-refractivity contribution in [2.24, 2.45) is 5.73 Å². The fourth-order valence-electron chi connectivity index (χ4n) is 2.42. The Kier molecular flexibility index (Phi) is 7.97. The summed E-state index contributed by atoms with van der Waals surface area (Å²) in [5, 5.41) is 2.90. The highest BCUT2D eigenvalue weighted by atomic mass is 79.9. The van der Waals surface area contributed by atoms with Gasteiger partial charge < -0.3 is 10.6 Å². The van der Waals surface area contributed by atoms with Gasteiger partial charge in [-0.15, -0.1) is 36.2 Å². The summed E-state index contributed by atoms with van der Waals surface area (Å²) in [7, 11) is 0. The highest BCUT2D eigenvalue weighted by Gasteiger charge is 2.24. The van der Waals surface area contributed by atoms with Gasteiger partial charge in [0.25, 0.3) is 0 Å². The number of rotatable bonds is 3. The zero-order chi connectivity index (χ0) is 14.8. The first kappa shape index (κ1) is 20.4. The van der Waals surface area contributed by atoms with Crippen molar-refractivity contribution in [2.45, 2.75) is 18.9 Å². The Morgan fingerprint density at radius 1 is 1.43 bits per heavy atom. The summed E-state index contributed by atoms with van der Waals surface area (Å²) in [5.74, 6) is 0.119. The minimum Gasteiger partial charge on any atom is -0.341 e. The number of carbonyl (C=O) groups is 1. The van der Waals surface area contributed by atoms with E-state index in [0.29, 0.717) is 13.0 Å². The fraction of sp³-hybridized carbons (Fsp3) is 0.333. The Morgan fingerprint density at radius 2 is 2.22 bits per heavy atom. The van der Waals surface area contributed by atoms with Crippen LogP contribution in [0.2, 0.25) is 0 Å². The lowest BCUT2D eigenvalue weighted by atomic mass is 10.2. The number of aromatic nitrogens is 1. The average molecular weight is 439 g/mol. The molecule has 2 N–H and O–H groups in total. The van der Waals surface area contributed by atoms with Gasteiger partial charge in [-0.2, -0.15) is 0 Å². The smallest absolute Gasteiger partial charge is 0.228 e. The second kappa shape index (κ2) is 8.99. The van der Waals surface area contributed by atoms with Gasteiger partial charge in [-0.3, -0.25) is 4.79 Å². The first-order valence-electron chi connectivity index (χ1n) is 6.85. The molecule has 2 aromatic rings. The van der Waals surface area contributed by atoms with Crippen LogP contribution in [0.4, 0.5) is 0 Å². The maximum atomic E-state index is 12.2. The zero-order valence-electron chi connectivity index (χ0n) is 12.3. The summed E-state index contributed by atoms with van der Waals surface area (Å²) in [5.41, 5.74) is 7.74. The van der Waals surface area contributed by atoms with E-state index < -0.39 is 0 Å². The molecular formula is C15H18BrCl2N3OS. The van der Waals surface area contributed by atoms with Crippen LogP contribution in [-0.2, 0) is 11.2 Å². The molecule has 1 aromatic carbocycles. The van der Waals surface area contributed by atoms with E-state index in [0.717, 1.165) is 33.7 Å². The third kappa shape index (κ3) is 5.16. The Morgan fingerprint density at radius 3 is 2.87 bits per heavy atom. The van der Waals surface area contributed by atoms with Crippen LogP contribution in [0, 0.1) is 0 Å². The van der Waals surface area contributed by atoms with Crippen LogP contribution >= 0.6 is 52.1 Å². The molecule has 0 aliphatic carbocycles. The van der Waals surface area contributed by atoms with Crippen molar-refractivity contribution in [3.63, 3.8) is 0 Å². The third-order valence-electron chi connectivity index (χ3n) is 3.53. The van der Waals surface area contributed by atoms with Crippen LogP contribution in [-0.4, -0.2) is 34.9 Å². The minimum absolute atomic E-state index is 0. The van der Waals surface area contributed by atoms with Crippen molar-refractivity contribution >= 4 is 58.0 Å². The number of nitrogens with two attached hydrogens (primary N) is 1. The van der Waals surface area contributed by atoms with Crippen molar-refractivity contribution in [3.05, 3.63) is 39.8 Å². The number of benzene rings is 1. The Hall–Kier alpha value is -0.660. The predicted molar refractivity (Wildman–Crippen MR) is 103 cm³/mol. The van der Waals surface area contributed by atoms with Gasteiger partial charge in [-0.1, -0.05) is 28.1 Å². The van der Waals surface area contributed by atoms with Crippen molar-refractivity contribution in [1.29, 1.82) is 0 Å². The summed E-state index contributed by atoms with van der Waals surface area (Å²) < 4.78 is 1.03. The first-order valence-corrected chi connectivity index (χ1v) is 8.53. The largest absolute Gasteiger partial charge is 0.341 e. The summed E-state index contributed by atoms with van der Waals surface area (Å²) >= 11 is 5.03. The number of carbonyl (C=O) groups excluding carboxylic acids is 1. The molecule has 1 saturated heterocycles. The SMILES string of the molecule is Cl.Cl.N[C@@H]1CCN(C(=O)Cc2csc(-c3cccc(Br)c3)n2)C1. The van der Waals surface area contributed by atoms with Crippen LogP contribution < -0.4 is 5.73 Å². The van der Waals surface area contributed by atoms with E-state index in [1.165, 1.54) is 0 Å². The van der Waals surface area contributed by atoms with Gasteiger partial charge in [0.05, 0.1) is 12.1 Å². The molecule has 1 aliphatic rings. The van der Waals surface area contributed by atoms with E-state index in [2.05, 4.69) is 20.9 Å². The van der Waals surface area contributed by atoms with E-state index >= 15 is 0 Å². The van der Waals surface area contributed by atoms with Gasteiger partial charge in [0, 0.05) is 34.5 Å². The lowest BCUT2D eigenvalue weighted by molar-refractivity contribution is -0.129. The molecule has 1 aliphatic heterocycles. The van der Waals surface area contributed by atoms with Gasteiger partial charge in [0.15, 0.2) is 0 Å². The quantitative estimate of drug-likeness (QED) is 0.797. The number of halogens is 3. The van der Waals surface area contributed by atoms with Gasteiger partial charge in [-0.25, -0.2) is 4.98 Å². The van der Waals surface area contributed by atoms with Crippen LogP contribution in [0.1, 0.15) is 12.1 Å². The van der Waals surface area contributed by atoms with Crippen molar-refractivity contribution in [2.75, 3.05) is 13.1 Å². The lowest BCUT2D eigenvalue weighted by Crippen LogP contribution is -2.32. The number of amides is 1. The van der Waals surface area contributed by atoms with E-state index in [-0.39, 0.29) is 36.8 Å². The van der Waals surface area contributed by atoms with Crippen molar-refractivity contribution < 1.29 is 4.79 Å². The Balaban J connectivity index is 0.00000132. The number of nitrogens with zero attached hydrogens (tertiary/aromatic N) is 2. The Bertz CT molecular complexity index is 668. The highest BCUT2D eigenvalue weighted by Crippen LogP contribution is 2.26. The molecule has 0 saturated carbocycles. The maximum Gasteiger partial charge on any atom is 0.228 e. The maximum absolute atomic E-state index is 12.2.